The molecule has 1 N–H and O–H groups in total. The summed E-state index contributed by atoms with van der Waals surface area (Å²) in [7, 11) is 1.69. The molecule has 0 saturated carbocycles. The number of carbonyl (C=O) groups is 2. The number of amides is 2. The fourth-order valence-electron chi connectivity index (χ4n) is 2.93. The number of hydrogen-bond acceptors (Lipinski definition) is 4. The zero-order chi connectivity index (χ0) is 15.3. The lowest BCUT2D eigenvalue weighted by molar-refractivity contribution is -0.143. The second kappa shape index (κ2) is 7.22. The van der Waals surface area contributed by atoms with Crippen molar-refractivity contribution in [1.82, 2.24) is 9.80 Å². The Morgan fingerprint density at radius 2 is 2.05 bits per heavy atom. The third kappa shape index (κ3) is 4.68. The van der Waals surface area contributed by atoms with Crippen LogP contribution < -0.4 is 0 Å². The van der Waals surface area contributed by atoms with Crippen LogP contribution in [0.1, 0.15) is 38.5 Å². The molecule has 2 aliphatic rings. The van der Waals surface area contributed by atoms with Gasteiger partial charge >= 0.3 is 0 Å². The van der Waals surface area contributed by atoms with Gasteiger partial charge in [0, 0.05) is 52.6 Å². The van der Waals surface area contributed by atoms with Crippen LogP contribution >= 0.6 is 0 Å². The van der Waals surface area contributed by atoms with E-state index in [0.29, 0.717) is 45.6 Å². The van der Waals surface area contributed by atoms with E-state index in [4.69, 9.17) is 4.74 Å². The van der Waals surface area contributed by atoms with Crippen LogP contribution in [0.3, 0.4) is 0 Å². The molecule has 0 bridgehead atoms. The number of nitrogens with zero attached hydrogens (tertiary/aromatic N) is 2. The van der Waals surface area contributed by atoms with Crippen molar-refractivity contribution in [2.45, 2.75) is 44.1 Å². The van der Waals surface area contributed by atoms with Crippen LogP contribution in [0.5, 0.6) is 0 Å². The van der Waals surface area contributed by atoms with Gasteiger partial charge in [-0.05, 0) is 12.8 Å². The maximum atomic E-state index is 12.3. The second-order valence-corrected chi connectivity index (χ2v) is 6.21. The molecule has 2 fully saturated rings. The van der Waals surface area contributed by atoms with Crippen LogP contribution in [0.4, 0.5) is 0 Å². The number of likely N-dealkylation sites (N-methyl/N-ethyl adjacent to an activating group) is 1. The van der Waals surface area contributed by atoms with Gasteiger partial charge < -0.3 is 19.6 Å². The van der Waals surface area contributed by atoms with Crippen molar-refractivity contribution in [3.8, 4) is 0 Å². The highest BCUT2D eigenvalue weighted by Gasteiger charge is 2.33. The minimum atomic E-state index is -0.856. The molecule has 0 aromatic heterocycles. The monoisotopic (exact) mass is 298 g/mol. The van der Waals surface area contributed by atoms with Gasteiger partial charge in [-0.2, -0.15) is 0 Å². The number of rotatable bonds is 4. The average molecular weight is 298 g/mol. The number of ether oxygens (including phenoxy) is 1. The minimum absolute atomic E-state index is 0.0685. The Morgan fingerprint density at radius 3 is 2.76 bits per heavy atom. The predicted octanol–water partition coefficient (Wildman–Crippen LogP) is 0.389. The van der Waals surface area contributed by atoms with Crippen LogP contribution in [0, 0.1) is 0 Å². The highest BCUT2D eigenvalue weighted by atomic mass is 16.5. The van der Waals surface area contributed by atoms with Crippen LogP contribution in [-0.2, 0) is 14.3 Å². The van der Waals surface area contributed by atoms with Crippen LogP contribution in [0.2, 0.25) is 0 Å². The lowest BCUT2D eigenvalue weighted by Gasteiger charge is -2.36. The number of carbonyl (C=O) groups excluding carboxylic acids is 2. The maximum Gasteiger partial charge on any atom is 0.242 e. The highest BCUT2D eigenvalue weighted by molar-refractivity contribution is 5.84. The van der Waals surface area contributed by atoms with Gasteiger partial charge in [0.1, 0.15) is 0 Å². The molecule has 0 aromatic rings. The Labute approximate surface area is 126 Å². The number of aliphatic hydroxyl groups is 1. The first-order valence-electron chi connectivity index (χ1n) is 7.82. The standard InChI is InChI=1S/C15H26N2O4/c1-16(12-15(20)6-9-21-10-7-15)14(19)11-17-8-4-2-3-5-13(17)18/h20H,2-12H2,1H3. The van der Waals surface area contributed by atoms with Crippen LogP contribution in [0.15, 0.2) is 0 Å². The fraction of sp³-hybridized carbons (Fsp3) is 0.867. The second-order valence-electron chi connectivity index (χ2n) is 6.21. The molecule has 0 aromatic carbocycles. The first-order chi connectivity index (χ1) is 10.0. The summed E-state index contributed by atoms with van der Waals surface area (Å²) in [6.07, 6.45) is 4.56. The Bertz CT molecular complexity index is 380. The molecule has 6 heteroatoms. The Hall–Kier alpha value is -1.14. The van der Waals surface area contributed by atoms with E-state index in [-0.39, 0.29) is 18.4 Å². The number of likely N-dealkylation sites (tertiary alicyclic amines) is 1. The van der Waals surface area contributed by atoms with Gasteiger partial charge in [0.15, 0.2) is 0 Å². The summed E-state index contributed by atoms with van der Waals surface area (Å²) >= 11 is 0. The number of hydrogen-bond donors (Lipinski definition) is 1. The summed E-state index contributed by atoms with van der Waals surface area (Å²) < 4.78 is 5.24. The van der Waals surface area contributed by atoms with E-state index in [1.54, 1.807) is 16.8 Å². The molecule has 2 amide bonds. The summed E-state index contributed by atoms with van der Waals surface area (Å²) in [6, 6.07) is 0. The molecule has 0 radical (unpaired) electrons. The van der Waals surface area contributed by atoms with E-state index >= 15 is 0 Å². The van der Waals surface area contributed by atoms with E-state index in [9.17, 15) is 14.7 Å². The quantitative estimate of drug-likeness (QED) is 0.815. The molecule has 2 heterocycles. The first kappa shape index (κ1) is 16.2. The van der Waals surface area contributed by atoms with Crippen molar-refractivity contribution < 1.29 is 19.4 Å². The van der Waals surface area contributed by atoms with Crippen molar-refractivity contribution >= 4 is 11.8 Å². The van der Waals surface area contributed by atoms with E-state index < -0.39 is 5.60 Å². The Kier molecular flexibility index (Phi) is 5.58. The Morgan fingerprint density at radius 1 is 1.33 bits per heavy atom. The summed E-state index contributed by atoms with van der Waals surface area (Å²) in [5.41, 5.74) is -0.856. The van der Waals surface area contributed by atoms with Gasteiger partial charge in [0.25, 0.3) is 0 Å². The molecule has 0 atom stereocenters. The molecular weight excluding hydrogens is 272 g/mol. The molecule has 2 aliphatic heterocycles. The lowest BCUT2D eigenvalue weighted by atomic mass is 9.94. The molecule has 0 unspecified atom stereocenters. The largest absolute Gasteiger partial charge is 0.388 e. The zero-order valence-electron chi connectivity index (χ0n) is 12.8. The van der Waals surface area contributed by atoms with E-state index in [2.05, 4.69) is 0 Å². The maximum absolute atomic E-state index is 12.3. The Balaban J connectivity index is 1.85. The SMILES string of the molecule is CN(CC1(O)CCOCC1)C(=O)CN1CCCCCC1=O. The minimum Gasteiger partial charge on any atom is -0.388 e. The van der Waals surface area contributed by atoms with Crippen molar-refractivity contribution in [2.24, 2.45) is 0 Å². The van der Waals surface area contributed by atoms with Gasteiger partial charge in [0.05, 0.1) is 12.1 Å². The molecule has 0 spiro atoms. The van der Waals surface area contributed by atoms with Gasteiger partial charge in [-0.3, -0.25) is 9.59 Å². The van der Waals surface area contributed by atoms with Crippen molar-refractivity contribution in [1.29, 1.82) is 0 Å². The van der Waals surface area contributed by atoms with E-state index in [1.165, 1.54) is 0 Å². The van der Waals surface area contributed by atoms with Gasteiger partial charge in [-0.25, -0.2) is 0 Å². The van der Waals surface area contributed by atoms with Gasteiger partial charge in [-0.15, -0.1) is 0 Å². The molecule has 0 aliphatic carbocycles. The molecule has 6 nitrogen and oxygen atoms in total. The van der Waals surface area contributed by atoms with Gasteiger partial charge in [-0.1, -0.05) is 6.42 Å². The average Bonchev–Trinajstić information content (AvgIpc) is 2.64. The zero-order valence-corrected chi connectivity index (χ0v) is 12.8. The summed E-state index contributed by atoms with van der Waals surface area (Å²) in [5, 5.41) is 10.4. The molecule has 21 heavy (non-hydrogen) atoms. The molecule has 2 saturated heterocycles. The third-order valence-corrected chi connectivity index (χ3v) is 4.38. The first-order valence-corrected chi connectivity index (χ1v) is 7.82. The van der Waals surface area contributed by atoms with Crippen molar-refractivity contribution in [3.05, 3.63) is 0 Å². The lowest BCUT2D eigenvalue weighted by Crippen LogP contribution is -2.50. The van der Waals surface area contributed by atoms with E-state index in [1.807, 2.05) is 0 Å². The van der Waals surface area contributed by atoms with Crippen molar-refractivity contribution in [3.63, 3.8) is 0 Å². The predicted molar refractivity (Wildman–Crippen MR) is 77.7 cm³/mol. The smallest absolute Gasteiger partial charge is 0.242 e. The summed E-state index contributed by atoms with van der Waals surface area (Å²) in [6.45, 7) is 2.15. The highest BCUT2D eigenvalue weighted by Crippen LogP contribution is 2.21. The molecule has 120 valence electrons. The van der Waals surface area contributed by atoms with Crippen LogP contribution in [-0.4, -0.2) is 72.2 Å². The third-order valence-electron chi connectivity index (χ3n) is 4.38. The van der Waals surface area contributed by atoms with Crippen LogP contribution in [0.25, 0.3) is 0 Å². The molecule has 2 rings (SSSR count). The van der Waals surface area contributed by atoms with Crippen molar-refractivity contribution in [2.75, 3.05) is 39.9 Å². The summed E-state index contributed by atoms with van der Waals surface area (Å²) in [4.78, 5) is 27.4. The molecular formula is C15H26N2O4. The normalized spacial score (nSPS) is 22.8. The van der Waals surface area contributed by atoms with E-state index in [0.717, 1.165) is 19.3 Å². The topological polar surface area (TPSA) is 70.1 Å². The fourth-order valence-corrected chi connectivity index (χ4v) is 2.93. The van der Waals surface area contributed by atoms with Gasteiger partial charge in [0.2, 0.25) is 11.8 Å². The summed E-state index contributed by atoms with van der Waals surface area (Å²) in [5.74, 6) is -0.0378.